The Morgan fingerprint density at radius 2 is 1.26 bits per heavy atom. The van der Waals surface area contributed by atoms with Crippen LogP contribution in [0.3, 0.4) is 0 Å². The van der Waals surface area contributed by atoms with Crippen molar-refractivity contribution in [1.82, 2.24) is 0 Å². The normalized spacial score (nSPS) is 12.0. The van der Waals surface area contributed by atoms with Gasteiger partial charge in [-0.25, -0.2) is 0 Å². The minimum atomic E-state index is -0.703. The third-order valence-corrected chi connectivity index (χ3v) is 6.31. The molecule has 0 saturated carbocycles. The number of rotatable bonds is 12. The maximum Gasteiger partial charge on any atom is 0.316 e. The summed E-state index contributed by atoms with van der Waals surface area (Å²) in [4.78, 5) is 38.5. The van der Waals surface area contributed by atoms with Gasteiger partial charge in [-0.05, 0) is 105 Å². The van der Waals surface area contributed by atoms with Crippen molar-refractivity contribution in [3.05, 3.63) is 52.6 Å². The van der Waals surface area contributed by atoms with Crippen molar-refractivity contribution in [2.75, 3.05) is 7.11 Å². The second-order valence-corrected chi connectivity index (χ2v) is 12.7. The number of hydrogen-bond donors (Lipinski definition) is 0. The summed E-state index contributed by atoms with van der Waals surface area (Å²) >= 11 is 0. The fraction of sp³-hybridized carbons (Fsp3) is 0.514. The van der Waals surface area contributed by atoms with Gasteiger partial charge in [0.15, 0.2) is 5.78 Å². The summed E-state index contributed by atoms with van der Waals surface area (Å²) in [7, 11) is 1.57. The van der Waals surface area contributed by atoms with E-state index in [1.165, 1.54) is 6.08 Å². The zero-order valence-electron chi connectivity index (χ0n) is 27.2. The molecule has 0 aromatic heterocycles. The van der Waals surface area contributed by atoms with Gasteiger partial charge >= 0.3 is 11.9 Å². The van der Waals surface area contributed by atoms with Crippen molar-refractivity contribution in [2.45, 2.75) is 101 Å². The van der Waals surface area contributed by atoms with Crippen LogP contribution in [0.5, 0.6) is 23.0 Å². The lowest BCUT2D eigenvalue weighted by molar-refractivity contribution is -0.143. The van der Waals surface area contributed by atoms with Crippen LogP contribution in [0.4, 0.5) is 0 Å². The second kappa shape index (κ2) is 14.5. The standard InChI is InChI=1S/C35H48O7/c1-12-14-25-29(39-11)27(20-21-28(36)23-16-18-24(19-17-23)41-32(37)34(5,6)7)30(40-22(3)4)26(15-13-2)31(25)42-33(38)35(8,9)10/h16-22H,12-15H2,1-11H3. The van der Waals surface area contributed by atoms with Gasteiger partial charge in [-0.1, -0.05) is 26.7 Å². The number of methoxy groups -OCH3 is 1. The highest BCUT2D eigenvalue weighted by atomic mass is 16.5. The SMILES string of the molecule is CCCc1c(OC)c(C=CC(=O)c2ccc(OC(=O)C(C)(C)C)cc2)c(OC(C)C)c(CCC)c1OC(=O)C(C)(C)C. The Morgan fingerprint density at radius 3 is 1.71 bits per heavy atom. The molecule has 2 aromatic rings. The maximum atomic E-state index is 13.2. The maximum absolute atomic E-state index is 13.2. The van der Waals surface area contributed by atoms with E-state index in [-0.39, 0.29) is 23.8 Å². The molecule has 0 heterocycles. The number of hydrogen-bond acceptors (Lipinski definition) is 7. The average molecular weight is 581 g/mol. The Labute approximate surface area is 251 Å². The van der Waals surface area contributed by atoms with Crippen molar-refractivity contribution in [1.29, 1.82) is 0 Å². The van der Waals surface area contributed by atoms with E-state index >= 15 is 0 Å². The number of ketones is 1. The number of ether oxygens (including phenoxy) is 4. The molecule has 2 aromatic carbocycles. The lowest BCUT2D eigenvalue weighted by atomic mass is 9.93. The Bertz CT molecular complexity index is 1290. The van der Waals surface area contributed by atoms with E-state index in [9.17, 15) is 14.4 Å². The van der Waals surface area contributed by atoms with Crippen molar-refractivity contribution in [3.8, 4) is 23.0 Å². The monoisotopic (exact) mass is 580 g/mol. The van der Waals surface area contributed by atoms with Gasteiger partial charge in [-0.2, -0.15) is 0 Å². The van der Waals surface area contributed by atoms with Gasteiger partial charge in [0.25, 0.3) is 0 Å². The highest BCUT2D eigenvalue weighted by Crippen LogP contribution is 2.47. The lowest BCUT2D eigenvalue weighted by Gasteiger charge is -2.26. The molecule has 0 amide bonds. The molecule has 2 rings (SSSR count). The van der Waals surface area contributed by atoms with E-state index in [1.54, 1.807) is 58.2 Å². The molecule has 0 radical (unpaired) electrons. The molecule has 42 heavy (non-hydrogen) atoms. The van der Waals surface area contributed by atoms with Crippen LogP contribution < -0.4 is 18.9 Å². The van der Waals surface area contributed by atoms with Gasteiger partial charge in [-0.3, -0.25) is 14.4 Å². The fourth-order valence-electron chi connectivity index (χ4n) is 4.10. The molecule has 0 aliphatic carbocycles. The first kappa shape index (κ1) is 34.6. The summed E-state index contributed by atoms with van der Waals surface area (Å²) in [5, 5.41) is 0. The van der Waals surface area contributed by atoms with E-state index in [4.69, 9.17) is 18.9 Å². The highest BCUT2D eigenvalue weighted by molar-refractivity contribution is 6.07. The summed E-state index contributed by atoms with van der Waals surface area (Å²) in [5.74, 6) is 0.969. The third kappa shape index (κ3) is 8.94. The van der Waals surface area contributed by atoms with E-state index in [0.29, 0.717) is 47.0 Å². The van der Waals surface area contributed by atoms with E-state index < -0.39 is 10.8 Å². The molecule has 7 nitrogen and oxygen atoms in total. The van der Waals surface area contributed by atoms with Crippen LogP contribution in [0, 0.1) is 10.8 Å². The number of carbonyl (C=O) groups excluding carboxylic acids is 3. The quantitative estimate of drug-likeness (QED) is 0.108. The molecule has 0 aliphatic heterocycles. The minimum Gasteiger partial charge on any atom is -0.496 e. The smallest absolute Gasteiger partial charge is 0.316 e. The third-order valence-electron chi connectivity index (χ3n) is 6.31. The van der Waals surface area contributed by atoms with Gasteiger partial charge in [0, 0.05) is 16.7 Å². The van der Waals surface area contributed by atoms with Crippen molar-refractivity contribution in [3.63, 3.8) is 0 Å². The zero-order valence-corrected chi connectivity index (χ0v) is 27.2. The Morgan fingerprint density at radius 1 is 0.762 bits per heavy atom. The van der Waals surface area contributed by atoms with Gasteiger partial charge < -0.3 is 18.9 Å². The van der Waals surface area contributed by atoms with Crippen LogP contribution in [0.2, 0.25) is 0 Å². The zero-order chi connectivity index (χ0) is 31.8. The molecular weight excluding hydrogens is 532 g/mol. The summed E-state index contributed by atoms with van der Waals surface area (Å²) < 4.78 is 23.8. The first-order valence-electron chi connectivity index (χ1n) is 14.7. The highest BCUT2D eigenvalue weighted by Gasteiger charge is 2.31. The number of benzene rings is 2. The van der Waals surface area contributed by atoms with Crippen LogP contribution in [0.15, 0.2) is 30.3 Å². The van der Waals surface area contributed by atoms with Crippen molar-refractivity contribution >= 4 is 23.8 Å². The molecule has 0 spiro atoms. The molecule has 0 fully saturated rings. The van der Waals surface area contributed by atoms with Crippen LogP contribution in [-0.4, -0.2) is 30.9 Å². The van der Waals surface area contributed by atoms with Gasteiger partial charge in [-0.15, -0.1) is 0 Å². The Hall–Kier alpha value is -3.61. The fourth-order valence-corrected chi connectivity index (χ4v) is 4.10. The first-order chi connectivity index (χ1) is 19.5. The van der Waals surface area contributed by atoms with Crippen LogP contribution in [0.1, 0.15) is 109 Å². The van der Waals surface area contributed by atoms with Crippen molar-refractivity contribution < 1.29 is 33.3 Å². The number of carbonyl (C=O) groups is 3. The lowest BCUT2D eigenvalue weighted by Crippen LogP contribution is -2.27. The number of esters is 2. The van der Waals surface area contributed by atoms with Crippen LogP contribution in [0.25, 0.3) is 6.08 Å². The average Bonchev–Trinajstić information content (AvgIpc) is 2.89. The molecular formula is C35H48O7. The largest absolute Gasteiger partial charge is 0.496 e. The first-order valence-corrected chi connectivity index (χ1v) is 14.7. The molecule has 0 aliphatic rings. The summed E-state index contributed by atoms with van der Waals surface area (Å²) in [5.41, 5.74) is 1.27. The topological polar surface area (TPSA) is 88.1 Å². The molecule has 0 atom stereocenters. The van der Waals surface area contributed by atoms with E-state index in [1.807, 2.05) is 41.5 Å². The van der Waals surface area contributed by atoms with Gasteiger partial charge in [0.2, 0.25) is 0 Å². The van der Waals surface area contributed by atoms with Gasteiger partial charge in [0.1, 0.15) is 23.0 Å². The second-order valence-electron chi connectivity index (χ2n) is 12.7. The molecule has 0 unspecified atom stereocenters. The van der Waals surface area contributed by atoms with E-state index in [0.717, 1.165) is 24.0 Å². The minimum absolute atomic E-state index is 0.181. The van der Waals surface area contributed by atoms with Crippen molar-refractivity contribution in [2.24, 2.45) is 10.8 Å². The molecule has 7 heteroatoms. The summed E-state index contributed by atoms with van der Waals surface area (Å²) in [6.45, 7) is 18.8. The molecule has 0 saturated heterocycles. The summed E-state index contributed by atoms with van der Waals surface area (Å²) in [6.07, 6.45) is 5.81. The van der Waals surface area contributed by atoms with E-state index in [2.05, 4.69) is 6.92 Å². The van der Waals surface area contributed by atoms with Crippen LogP contribution >= 0.6 is 0 Å². The van der Waals surface area contributed by atoms with Gasteiger partial charge in [0.05, 0.1) is 29.6 Å². The Balaban J connectivity index is 2.66. The number of allylic oxidation sites excluding steroid dienone is 1. The van der Waals surface area contributed by atoms with Crippen LogP contribution in [-0.2, 0) is 22.4 Å². The molecule has 230 valence electrons. The summed E-state index contributed by atoms with van der Waals surface area (Å²) in [6, 6.07) is 6.47. The molecule has 0 N–H and O–H groups in total. The predicted molar refractivity (Wildman–Crippen MR) is 167 cm³/mol. The predicted octanol–water partition coefficient (Wildman–Crippen LogP) is 8.19. The molecule has 0 bridgehead atoms. The Kier molecular flexibility index (Phi) is 12.0.